The molecule has 1 heterocycles. The van der Waals surface area contributed by atoms with E-state index in [0.717, 1.165) is 30.8 Å². The van der Waals surface area contributed by atoms with Crippen LogP contribution in [0.1, 0.15) is 43.5 Å². The van der Waals surface area contributed by atoms with Gasteiger partial charge in [0.25, 0.3) is 0 Å². The molecule has 2 N–H and O–H groups in total. The highest BCUT2D eigenvalue weighted by molar-refractivity contribution is 5.85. The fourth-order valence-corrected chi connectivity index (χ4v) is 2.80. The summed E-state index contributed by atoms with van der Waals surface area (Å²) in [6.45, 7) is 5.26. The summed E-state index contributed by atoms with van der Waals surface area (Å²) >= 11 is 0. The van der Waals surface area contributed by atoms with E-state index in [9.17, 15) is 14.7 Å². The molecule has 0 bridgehead atoms. The molecule has 0 atom stereocenters. The zero-order chi connectivity index (χ0) is 15.5. The highest BCUT2D eigenvalue weighted by Crippen LogP contribution is 2.44. The number of nitrogens with zero attached hydrogens (tertiary/aromatic N) is 2. The van der Waals surface area contributed by atoms with E-state index < -0.39 is 11.4 Å². The van der Waals surface area contributed by atoms with Crippen LogP contribution in [0.2, 0.25) is 0 Å². The Balaban J connectivity index is 1.70. The van der Waals surface area contributed by atoms with E-state index in [4.69, 9.17) is 0 Å². The van der Waals surface area contributed by atoms with Crippen molar-refractivity contribution in [2.45, 2.75) is 52.5 Å². The number of rotatable bonds is 7. The monoisotopic (exact) mass is 293 g/mol. The van der Waals surface area contributed by atoms with E-state index in [1.807, 2.05) is 24.6 Å². The number of carboxylic acid groups (broad SMARTS) is 1. The second-order valence-electron chi connectivity index (χ2n) is 5.97. The van der Waals surface area contributed by atoms with Gasteiger partial charge in [-0.3, -0.25) is 14.3 Å². The van der Waals surface area contributed by atoms with Crippen molar-refractivity contribution in [3.05, 3.63) is 17.5 Å². The molecule has 1 aliphatic carbocycles. The Morgan fingerprint density at radius 2 is 2.14 bits per heavy atom. The van der Waals surface area contributed by atoms with Gasteiger partial charge in [-0.25, -0.2) is 0 Å². The summed E-state index contributed by atoms with van der Waals surface area (Å²) in [7, 11) is 0. The number of carbonyl (C=O) groups excluding carboxylic acids is 1. The largest absolute Gasteiger partial charge is 0.481 e. The van der Waals surface area contributed by atoms with Crippen LogP contribution in [0.5, 0.6) is 0 Å². The molecule has 0 aliphatic heterocycles. The Morgan fingerprint density at radius 1 is 1.43 bits per heavy atom. The first-order chi connectivity index (χ1) is 9.93. The highest BCUT2D eigenvalue weighted by atomic mass is 16.4. The first-order valence-electron chi connectivity index (χ1n) is 7.44. The van der Waals surface area contributed by atoms with Crippen LogP contribution < -0.4 is 5.32 Å². The lowest BCUT2D eigenvalue weighted by Crippen LogP contribution is -2.42. The van der Waals surface area contributed by atoms with E-state index in [1.165, 1.54) is 0 Å². The number of hydrogen-bond donors (Lipinski definition) is 2. The molecule has 116 valence electrons. The highest BCUT2D eigenvalue weighted by Gasteiger charge is 2.45. The summed E-state index contributed by atoms with van der Waals surface area (Å²) < 4.78 is 1.92. The molecule has 21 heavy (non-hydrogen) atoms. The van der Waals surface area contributed by atoms with Gasteiger partial charge < -0.3 is 10.4 Å². The normalized spacial score (nSPS) is 16.3. The second-order valence-corrected chi connectivity index (χ2v) is 5.97. The quantitative estimate of drug-likeness (QED) is 0.749. The van der Waals surface area contributed by atoms with Crippen LogP contribution >= 0.6 is 0 Å². The minimum atomic E-state index is -0.841. The van der Waals surface area contributed by atoms with E-state index in [2.05, 4.69) is 10.4 Å². The molecular formula is C15H23N3O3. The zero-order valence-electron chi connectivity index (χ0n) is 12.7. The standard InChI is InChI=1S/C15H23N3O3/c1-11-9-12(2)18(17-11)8-4-7-16-13(19)10-15(14(20)21)5-3-6-15/h9H,3-8,10H2,1-2H3,(H,16,19)(H,20,21). The molecule has 1 saturated carbocycles. The first-order valence-corrected chi connectivity index (χ1v) is 7.44. The fourth-order valence-electron chi connectivity index (χ4n) is 2.80. The smallest absolute Gasteiger partial charge is 0.310 e. The van der Waals surface area contributed by atoms with Crippen molar-refractivity contribution in [2.24, 2.45) is 5.41 Å². The summed E-state index contributed by atoms with van der Waals surface area (Å²) in [5.41, 5.74) is 1.29. The number of amides is 1. The molecule has 6 nitrogen and oxygen atoms in total. The van der Waals surface area contributed by atoms with Crippen LogP contribution in [0, 0.1) is 19.3 Å². The molecule has 1 amide bonds. The molecule has 6 heteroatoms. The lowest BCUT2D eigenvalue weighted by Gasteiger charge is -2.36. The van der Waals surface area contributed by atoms with Crippen molar-refractivity contribution in [3.63, 3.8) is 0 Å². The van der Waals surface area contributed by atoms with Gasteiger partial charge in [0.15, 0.2) is 0 Å². The number of nitrogens with one attached hydrogen (secondary N) is 1. The van der Waals surface area contributed by atoms with Gasteiger partial charge in [-0.2, -0.15) is 5.10 Å². The van der Waals surface area contributed by atoms with Gasteiger partial charge in [-0.15, -0.1) is 0 Å². The van der Waals surface area contributed by atoms with Crippen LogP contribution in [-0.4, -0.2) is 33.3 Å². The van der Waals surface area contributed by atoms with Crippen molar-refractivity contribution in [2.75, 3.05) is 6.54 Å². The topological polar surface area (TPSA) is 84.2 Å². The minimum Gasteiger partial charge on any atom is -0.481 e. The molecule has 1 aromatic heterocycles. The third kappa shape index (κ3) is 3.62. The lowest BCUT2D eigenvalue weighted by molar-refractivity contribution is -0.157. The summed E-state index contributed by atoms with van der Waals surface area (Å²) in [5.74, 6) is -1.00. The minimum absolute atomic E-state index is 0.0994. The molecule has 1 aliphatic rings. The predicted molar refractivity (Wildman–Crippen MR) is 77.9 cm³/mol. The van der Waals surface area contributed by atoms with Gasteiger partial charge in [0, 0.05) is 25.2 Å². The molecule has 0 radical (unpaired) electrons. The summed E-state index contributed by atoms with van der Waals surface area (Å²) in [5, 5.41) is 16.4. The third-order valence-corrected chi connectivity index (χ3v) is 4.24. The average molecular weight is 293 g/mol. The average Bonchev–Trinajstić information content (AvgIpc) is 2.67. The predicted octanol–water partition coefficient (Wildman–Crippen LogP) is 1.65. The van der Waals surface area contributed by atoms with Crippen LogP contribution in [0.25, 0.3) is 0 Å². The summed E-state index contributed by atoms with van der Waals surface area (Å²) in [6, 6.07) is 2.02. The van der Waals surface area contributed by atoms with Crippen LogP contribution in [0.4, 0.5) is 0 Å². The molecule has 1 aromatic rings. The van der Waals surface area contributed by atoms with Gasteiger partial charge in [0.2, 0.25) is 5.91 Å². The van der Waals surface area contributed by atoms with Gasteiger partial charge in [-0.1, -0.05) is 6.42 Å². The van der Waals surface area contributed by atoms with E-state index >= 15 is 0 Å². The van der Waals surface area contributed by atoms with Crippen LogP contribution in [0.3, 0.4) is 0 Å². The Bertz CT molecular complexity index is 532. The number of aryl methyl sites for hydroxylation is 3. The zero-order valence-corrected chi connectivity index (χ0v) is 12.7. The van der Waals surface area contributed by atoms with E-state index in [1.54, 1.807) is 0 Å². The van der Waals surface area contributed by atoms with Crippen molar-refractivity contribution >= 4 is 11.9 Å². The molecule has 0 saturated heterocycles. The molecule has 2 rings (SSSR count). The Hall–Kier alpha value is -1.85. The molecule has 0 spiro atoms. The molecule has 0 unspecified atom stereocenters. The number of hydrogen-bond acceptors (Lipinski definition) is 3. The molecule has 1 fully saturated rings. The summed E-state index contributed by atoms with van der Waals surface area (Å²) in [4.78, 5) is 23.0. The Morgan fingerprint density at radius 3 is 2.62 bits per heavy atom. The maximum atomic E-state index is 11.8. The first kappa shape index (κ1) is 15.5. The van der Waals surface area contributed by atoms with Gasteiger partial charge in [-0.05, 0) is 39.2 Å². The lowest BCUT2D eigenvalue weighted by atomic mass is 9.66. The van der Waals surface area contributed by atoms with Gasteiger partial charge in [0.05, 0.1) is 11.1 Å². The van der Waals surface area contributed by atoms with Gasteiger partial charge >= 0.3 is 5.97 Å². The van der Waals surface area contributed by atoms with Crippen LogP contribution in [0.15, 0.2) is 6.07 Å². The number of aromatic nitrogens is 2. The van der Waals surface area contributed by atoms with Gasteiger partial charge in [0.1, 0.15) is 0 Å². The third-order valence-electron chi connectivity index (χ3n) is 4.24. The Kier molecular flexibility index (Phi) is 4.65. The fraction of sp³-hybridized carbons (Fsp3) is 0.667. The maximum absolute atomic E-state index is 11.8. The molecular weight excluding hydrogens is 270 g/mol. The number of aliphatic carboxylic acids is 1. The summed E-state index contributed by atoms with van der Waals surface area (Å²) in [6.07, 6.45) is 3.01. The number of carbonyl (C=O) groups is 2. The van der Waals surface area contributed by atoms with E-state index in [0.29, 0.717) is 19.4 Å². The second kappa shape index (κ2) is 6.28. The van der Waals surface area contributed by atoms with E-state index in [-0.39, 0.29) is 12.3 Å². The molecule has 0 aromatic carbocycles. The SMILES string of the molecule is Cc1cc(C)n(CCCNC(=O)CC2(C(=O)O)CCC2)n1. The van der Waals surface area contributed by atoms with Crippen LogP contribution in [-0.2, 0) is 16.1 Å². The van der Waals surface area contributed by atoms with Crippen molar-refractivity contribution in [3.8, 4) is 0 Å². The Labute approximate surface area is 124 Å². The number of carboxylic acids is 1. The van der Waals surface area contributed by atoms with Crippen molar-refractivity contribution < 1.29 is 14.7 Å². The maximum Gasteiger partial charge on any atom is 0.310 e. The van der Waals surface area contributed by atoms with Crippen molar-refractivity contribution in [1.82, 2.24) is 15.1 Å². The van der Waals surface area contributed by atoms with Crippen molar-refractivity contribution in [1.29, 1.82) is 0 Å².